The number of Topliss-reactive ketones (excluding diaryl/α,β-unsaturated/α-hetero) is 1. The number of carbonyl (C=O) groups is 3. The number of para-hydroxylation sites is 1. The maximum atomic E-state index is 12.2. The van der Waals surface area contributed by atoms with Crippen molar-refractivity contribution in [1.29, 1.82) is 0 Å². The first kappa shape index (κ1) is 21.8. The first-order valence-electron chi connectivity index (χ1n) is 9.86. The molecule has 0 aliphatic carbocycles. The molecule has 0 unspecified atom stereocenters. The molecule has 0 heterocycles. The minimum atomic E-state index is -0.506. The van der Waals surface area contributed by atoms with E-state index in [1.165, 1.54) is 0 Å². The Bertz CT molecular complexity index is 1050. The molecule has 0 atom stereocenters. The molecule has 0 aliphatic rings. The van der Waals surface area contributed by atoms with Crippen molar-refractivity contribution in [3.8, 4) is 5.75 Å². The fourth-order valence-corrected chi connectivity index (χ4v) is 2.80. The van der Waals surface area contributed by atoms with Crippen molar-refractivity contribution in [2.45, 2.75) is 13.3 Å². The molecule has 1 amide bonds. The molecule has 6 nitrogen and oxygen atoms in total. The van der Waals surface area contributed by atoms with E-state index in [-0.39, 0.29) is 31.3 Å². The van der Waals surface area contributed by atoms with Crippen LogP contribution >= 0.6 is 0 Å². The van der Waals surface area contributed by atoms with Crippen molar-refractivity contribution >= 4 is 23.3 Å². The lowest BCUT2D eigenvalue weighted by Crippen LogP contribution is -2.16. The number of carbonyl (C=O) groups excluding carboxylic acids is 3. The quantitative estimate of drug-likeness (QED) is 0.411. The van der Waals surface area contributed by atoms with Crippen molar-refractivity contribution in [2.75, 3.05) is 18.5 Å². The van der Waals surface area contributed by atoms with Crippen LogP contribution in [0.3, 0.4) is 0 Å². The molecule has 3 rings (SSSR count). The van der Waals surface area contributed by atoms with E-state index >= 15 is 0 Å². The van der Waals surface area contributed by atoms with Gasteiger partial charge >= 0.3 is 5.97 Å². The van der Waals surface area contributed by atoms with Crippen molar-refractivity contribution in [3.63, 3.8) is 0 Å². The van der Waals surface area contributed by atoms with E-state index in [2.05, 4.69) is 5.32 Å². The van der Waals surface area contributed by atoms with Gasteiger partial charge in [-0.2, -0.15) is 0 Å². The number of hydrogen-bond acceptors (Lipinski definition) is 5. The molecule has 0 bridgehead atoms. The van der Waals surface area contributed by atoms with Gasteiger partial charge in [0.25, 0.3) is 5.91 Å². The number of anilines is 1. The first-order valence-corrected chi connectivity index (χ1v) is 9.86. The average molecular weight is 417 g/mol. The predicted molar refractivity (Wildman–Crippen MR) is 117 cm³/mol. The van der Waals surface area contributed by atoms with Crippen LogP contribution in [0.2, 0.25) is 0 Å². The van der Waals surface area contributed by atoms with Gasteiger partial charge in [0.1, 0.15) is 5.75 Å². The Morgan fingerprint density at radius 1 is 0.806 bits per heavy atom. The predicted octanol–water partition coefficient (Wildman–Crippen LogP) is 4.44. The van der Waals surface area contributed by atoms with Crippen LogP contribution in [0.4, 0.5) is 5.69 Å². The minimum Gasteiger partial charge on any atom is -0.493 e. The van der Waals surface area contributed by atoms with Crippen molar-refractivity contribution in [3.05, 3.63) is 95.6 Å². The molecule has 3 aromatic rings. The van der Waals surface area contributed by atoms with E-state index in [9.17, 15) is 14.4 Å². The first-order chi connectivity index (χ1) is 15.0. The zero-order chi connectivity index (χ0) is 22.1. The third-order valence-electron chi connectivity index (χ3n) is 4.52. The van der Waals surface area contributed by atoms with E-state index in [4.69, 9.17) is 9.47 Å². The largest absolute Gasteiger partial charge is 0.493 e. The van der Waals surface area contributed by atoms with Crippen molar-refractivity contribution in [2.24, 2.45) is 0 Å². The second-order valence-electron chi connectivity index (χ2n) is 6.85. The number of ether oxygens (including phenoxy) is 2. The Morgan fingerprint density at radius 2 is 1.48 bits per heavy atom. The van der Waals surface area contributed by atoms with Gasteiger partial charge in [-0.15, -0.1) is 0 Å². The van der Waals surface area contributed by atoms with Crippen LogP contribution in [0.1, 0.15) is 32.7 Å². The highest BCUT2D eigenvalue weighted by Crippen LogP contribution is 2.16. The minimum absolute atomic E-state index is 0.0477. The molecule has 0 radical (unpaired) electrons. The SMILES string of the molecule is Cc1ccccc1OCCC(=O)OCC(=O)c1ccc(NC(=O)c2ccccc2)cc1. The summed E-state index contributed by atoms with van der Waals surface area (Å²) in [6, 6.07) is 22.8. The summed E-state index contributed by atoms with van der Waals surface area (Å²) in [5.74, 6) is -0.352. The van der Waals surface area contributed by atoms with Gasteiger partial charge in [0.05, 0.1) is 13.0 Å². The van der Waals surface area contributed by atoms with Gasteiger partial charge in [0.15, 0.2) is 12.4 Å². The van der Waals surface area contributed by atoms with E-state index in [1.807, 2.05) is 37.3 Å². The lowest BCUT2D eigenvalue weighted by molar-refractivity contribution is -0.143. The van der Waals surface area contributed by atoms with Crippen LogP contribution in [0, 0.1) is 6.92 Å². The summed E-state index contributed by atoms with van der Waals surface area (Å²) < 4.78 is 10.6. The smallest absolute Gasteiger partial charge is 0.309 e. The van der Waals surface area contributed by atoms with Gasteiger partial charge < -0.3 is 14.8 Å². The Hall–Kier alpha value is -3.93. The number of aryl methyl sites for hydroxylation is 1. The van der Waals surface area contributed by atoms with Gasteiger partial charge in [-0.05, 0) is 55.0 Å². The van der Waals surface area contributed by atoms with Crippen LogP contribution in [-0.2, 0) is 9.53 Å². The summed E-state index contributed by atoms with van der Waals surface area (Å²) in [6.45, 7) is 1.75. The summed E-state index contributed by atoms with van der Waals surface area (Å²) in [4.78, 5) is 36.3. The third kappa shape index (κ3) is 6.54. The van der Waals surface area contributed by atoms with Crippen LogP contribution < -0.4 is 10.1 Å². The topological polar surface area (TPSA) is 81.7 Å². The van der Waals surface area contributed by atoms with E-state index in [0.717, 1.165) is 5.56 Å². The van der Waals surface area contributed by atoms with Crippen molar-refractivity contribution in [1.82, 2.24) is 0 Å². The maximum Gasteiger partial charge on any atom is 0.309 e. The van der Waals surface area contributed by atoms with E-state index in [1.54, 1.807) is 48.5 Å². The second kappa shape index (κ2) is 10.7. The molecule has 6 heteroatoms. The third-order valence-corrected chi connectivity index (χ3v) is 4.52. The number of rotatable bonds is 9. The van der Waals surface area contributed by atoms with Gasteiger partial charge in [-0.1, -0.05) is 36.4 Å². The summed E-state index contributed by atoms with van der Waals surface area (Å²) in [5, 5.41) is 2.77. The number of esters is 1. The fraction of sp³-hybridized carbons (Fsp3) is 0.160. The Labute approximate surface area is 180 Å². The summed E-state index contributed by atoms with van der Waals surface area (Å²) in [6.07, 6.45) is 0.0477. The molecule has 31 heavy (non-hydrogen) atoms. The van der Waals surface area contributed by atoms with Crippen molar-refractivity contribution < 1.29 is 23.9 Å². The van der Waals surface area contributed by atoms with Gasteiger partial charge in [0.2, 0.25) is 0 Å². The standard InChI is InChI=1S/C25H23NO5/c1-18-7-5-6-10-23(18)30-16-15-24(28)31-17-22(27)19-11-13-21(14-12-19)26-25(29)20-8-3-2-4-9-20/h2-14H,15-17H2,1H3,(H,26,29). The zero-order valence-electron chi connectivity index (χ0n) is 17.2. The van der Waals surface area contributed by atoms with Gasteiger partial charge in [-0.25, -0.2) is 0 Å². The number of hydrogen-bond donors (Lipinski definition) is 1. The Morgan fingerprint density at radius 3 is 2.19 bits per heavy atom. The molecular weight excluding hydrogens is 394 g/mol. The molecule has 0 aromatic heterocycles. The van der Waals surface area contributed by atoms with E-state index in [0.29, 0.717) is 22.6 Å². The second-order valence-corrected chi connectivity index (χ2v) is 6.85. The van der Waals surface area contributed by atoms with Gasteiger partial charge in [0, 0.05) is 16.8 Å². The Kier molecular flexibility index (Phi) is 7.54. The maximum absolute atomic E-state index is 12.2. The fourth-order valence-electron chi connectivity index (χ4n) is 2.80. The normalized spacial score (nSPS) is 10.2. The van der Waals surface area contributed by atoms with Crippen LogP contribution in [0.25, 0.3) is 0 Å². The molecular formula is C25H23NO5. The van der Waals surface area contributed by atoms with Crippen LogP contribution in [0.5, 0.6) is 5.75 Å². The Balaban J connectivity index is 1.42. The highest BCUT2D eigenvalue weighted by atomic mass is 16.5. The monoisotopic (exact) mass is 417 g/mol. The lowest BCUT2D eigenvalue weighted by atomic mass is 10.1. The molecule has 0 aliphatic heterocycles. The van der Waals surface area contributed by atoms with Crippen LogP contribution in [-0.4, -0.2) is 30.9 Å². The lowest BCUT2D eigenvalue weighted by Gasteiger charge is -2.09. The highest BCUT2D eigenvalue weighted by Gasteiger charge is 2.11. The number of benzene rings is 3. The molecule has 3 aromatic carbocycles. The highest BCUT2D eigenvalue weighted by molar-refractivity contribution is 6.04. The zero-order valence-corrected chi connectivity index (χ0v) is 17.2. The summed E-state index contributed by atoms with van der Waals surface area (Å²) in [7, 11) is 0. The number of amides is 1. The molecule has 0 fully saturated rings. The average Bonchev–Trinajstić information content (AvgIpc) is 2.80. The van der Waals surface area contributed by atoms with Crippen LogP contribution in [0.15, 0.2) is 78.9 Å². The molecule has 1 N–H and O–H groups in total. The summed E-state index contributed by atoms with van der Waals surface area (Å²) >= 11 is 0. The molecule has 0 saturated heterocycles. The van der Waals surface area contributed by atoms with Gasteiger partial charge in [-0.3, -0.25) is 14.4 Å². The number of nitrogens with one attached hydrogen (secondary N) is 1. The molecule has 0 spiro atoms. The molecule has 158 valence electrons. The van der Waals surface area contributed by atoms with E-state index < -0.39 is 5.97 Å². The number of ketones is 1. The summed E-state index contributed by atoms with van der Waals surface area (Å²) in [5.41, 5.74) is 2.48. The molecule has 0 saturated carbocycles.